The summed E-state index contributed by atoms with van der Waals surface area (Å²) in [4.78, 5) is 8.80. The third-order valence-corrected chi connectivity index (χ3v) is 5.03. The van der Waals surface area contributed by atoms with Crippen LogP contribution < -0.4 is 9.47 Å². The molecule has 0 atom stereocenters. The number of rotatable bonds is 7. The largest absolute Gasteiger partial charge is 0.493 e. The van der Waals surface area contributed by atoms with Gasteiger partial charge in [-0.25, -0.2) is 18.7 Å². The number of ether oxygens (including phenoxy) is 2. The fourth-order valence-electron chi connectivity index (χ4n) is 3.42. The van der Waals surface area contributed by atoms with E-state index in [1.165, 1.54) is 6.20 Å². The standard InChI is InChI=1S/C26H22F2N4O2/c1-16(2)15-34-26-18(5-4-6-23(26)33-3)8-10-25-31-21-11-19(27)20(28)12-22(21)32(25)24-9-7-17(13-29)14-30-24/h4-12,14,16H,15H2,1-3H3. The highest BCUT2D eigenvalue weighted by molar-refractivity contribution is 5.82. The number of fused-ring (bicyclic) bond motifs is 1. The first-order valence-corrected chi connectivity index (χ1v) is 10.6. The molecule has 0 saturated heterocycles. The lowest BCUT2D eigenvalue weighted by molar-refractivity contribution is 0.256. The molecule has 4 aromatic rings. The lowest BCUT2D eigenvalue weighted by atomic mass is 10.1. The highest BCUT2D eigenvalue weighted by Gasteiger charge is 2.16. The van der Waals surface area contributed by atoms with Crippen LogP contribution in [0.15, 0.2) is 48.7 Å². The number of imidazole rings is 1. The zero-order valence-corrected chi connectivity index (χ0v) is 18.9. The zero-order chi connectivity index (χ0) is 24.2. The summed E-state index contributed by atoms with van der Waals surface area (Å²) in [5, 5.41) is 9.08. The highest BCUT2D eigenvalue weighted by atomic mass is 19.2. The number of benzene rings is 2. The Morgan fingerprint density at radius 2 is 1.91 bits per heavy atom. The molecule has 2 aromatic heterocycles. The molecule has 2 heterocycles. The fourth-order valence-corrected chi connectivity index (χ4v) is 3.42. The van der Waals surface area contributed by atoms with Gasteiger partial charge >= 0.3 is 0 Å². The summed E-state index contributed by atoms with van der Waals surface area (Å²) < 4.78 is 41.0. The molecule has 4 rings (SSSR count). The maximum atomic E-state index is 14.1. The van der Waals surface area contributed by atoms with E-state index in [0.29, 0.717) is 46.7 Å². The van der Waals surface area contributed by atoms with Gasteiger partial charge in [0.1, 0.15) is 17.7 Å². The summed E-state index contributed by atoms with van der Waals surface area (Å²) >= 11 is 0. The van der Waals surface area contributed by atoms with Crippen molar-refractivity contribution >= 4 is 23.2 Å². The molecule has 8 heteroatoms. The monoisotopic (exact) mass is 460 g/mol. The third kappa shape index (κ3) is 4.59. The lowest BCUT2D eigenvalue weighted by Gasteiger charge is -2.14. The number of hydrogen-bond donors (Lipinski definition) is 0. The van der Waals surface area contributed by atoms with Crippen molar-refractivity contribution in [2.45, 2.75) is 13.8 Å². The Hall–Kier alpha value is -4.25. The van der Waals surface area contributed by atoms with Crippen molar-refractivity contribution < 1.29 is 18.3 Å². The summed E-state index contributed by atoms with van der Waals surface area (Å²) in [6, 6.07) is 12.9. The Balaban J connectivity index is 1.84. The molecular formula is C26H22F2N4O2. The van der Waals surface area contributed by atoms with Crippen molar-refractivity contribution in [2.75, 3.05) is 13.7 Å². The van der Waals surface area contributed by atoms with Gasteiger partial charge in [0, 0.05) is 23.9 Å². The van der Waals surface area contributed by atoms with Crippen LogP contribution in [0.4, 0.5) is 8.78 Å². The zero-order valence-electron chi connectivity index (χ0n) is 18.9. The molecule has 172 valence electrons. The quantitative estimate of drug-likeness (QED) is 0.349. The molecule has 34 heavy (non-hydrogen) atoms. The molecule has 0 N–H and O–H groups in total. The van der Waals surface area contributed by atoms with E-state index in [1.807, 2.05) is 24.3 Å². The molecule has 0 aliphatic heterocycles. The first kappa shape index (κ1) is 22.9. The number of nitriles is 1. The van der Waals surface area contributed by atoms with Crippen molar-refractivity contribution in [1.29, 1.82) is 5.26 Å². The SMILES string of the molecule is COc1cccc(C=Cc2nc3cc(F)c(F)cc3n2-c2ccc(C#N)cn2)c1OCC(C)C. The highest BCUT2D eigenvalue weighted by Crippen LogP contribution is 2.33. The molecule has 2 aromatic carbocycles. The second-order valence-electron chi connectivity index (χ2n) is 7.99. The molecule has 0 amide bonds. The molecule has 0 fully saturated rings. The second-order valence-corrected chi connectivity index (χ2v) is 7.99. The minimum Gasteiger partial charge on any atom is -0.493 e. The molecular weight excluding hydrogens is 438 g/mol. The topological polar surface area (TPSA) is 73.0 Å². The van der Waals surface area contributed by atoms with Gasteiger partial charge in [-0.05, 0) is 36.3 Å². The normalized spacial score (nSPS) is 11.3. The van der Waals surface area contributed by atoms with Crippen LogP contribution in [0.25, 0.3) is 29.0 Å². The van der Waals surface area contributed by atoms with E-state index in [2.05, 4.69) is 23.8 Å². The Kier molecular flexibility index (Phi) is 6.55. The fraction of sp³-hybridized carbons (Fsp3) is 0.192. The van der Waals surface area contributed by atoms with Crippen LogP contribution in [-0.4, -0.2) is 28.3 Å². The van der Waals surface area contributed by atoms with Crippen LogP contribution in [0.5, 0.6) is 11.5 Å². The van der Waals surface area contributed by atoms with Crippen LogP contribution in [0.1, 0.15) is 30.8 Å². The Morgan fingerprint density at radius 3 is 2.59 bits per heavy atom. The van der Waals surface area contributed by atoms with Gasteiger partial charge in [0.25, 0.3) is 0 Å². The molecule has 0 bridgehead atoms. The van der Waals surface area contributed by atoms with E-state index < -0.39 is 11.6 Å². The van der Waals surface area contributed by atoms with Gasteiger partial charge in [0.05, 0.1) is 30.3 Å². The third-order valence-electron chi connectivity index (χ3n) is 5.03. The average molecular weight is 460 g/mol. The minimum absolute atomic E-state index is 0.270. The summed E-state index contributed by atoms with van der Waals surface area (Å²) in [7, 11) is 1.57. The first-order chi connectivity index (χ1) is 16.4. The molecule has 0 aliphatic rings. The van der Waals surface area contributed by atoms with E-state index in [-0.39, 0.29) is 5.52 Å². The van der Waals surface area contributed by atoms with Crippen molar-refractivity contribution in [3.8, 4) is 23.4 Å². The molecule has 6 nitrogen and oxygen atoms in total. The smallest absolute Gasteiger partial charge is 0.168 e. The minimum atomic E-state index is -0.991. The van der Waals surface area contributed by atoms with E-state index in [4.69, 9.17) is 14.7 Å². The Labute approximate surface area is 195 Å². The van der Waals surface area contributed by atoms with Gasteiger partial charge in [0.15, 0.2) is 23.1 Å². The van der Waals surface area contributed by atoms with Crippen LogP contribution in [0.2, 0.25) is 0 Å². The molecule has 0 unspecified atom stereocenters. The number of halogens is 2. The molecule has 0 spiro atoms. The van der Waals surface area contributed by atoms with E-state index in [9.17, 15) is 8.78 Å². The Bertz CT molecular complexity index is 1400. The summed E-state index contributed by atoms with van der Waals surface area (Å²) in [6.07, 6.45) is 4.92. The van der Waals surface area contributed by atoms with Crippen molar-refractivity contribution in [1.82, 2.24) is 14.5 Å². The van der Waals surface area contributed by atoms with Crippen molar-refractivity contribution in [3.05, 3.63) is 77.2 Å². The van der Waals surface area contributed by atoms with Gasteiger partial charge in [-0.3, -0.25) is 4.57 Å². The van der Waals surface area contributed by atoms with Gasteiger partial charge in [-0.15, -0.1) is 0 Å². The maximum absolute atomic E-state index is 14.1. The molecule has 0 radical (unpaired) electrons. The predicted molar refractivity (Wildman–Crippen MR) is 126 cm³/mol. The number of para-hydroxylation sites is 1. The van der Waals surface area contributed by atoms with Crippen molar-refractivity contribution in [3.63, 3.8) is 0 Å². The van der Waals surface area contributed by atoms with Gasteiger partial charge in [-0.2, -0.15) is 5.26 Å². The number of pyridine rings is 1. The van der Waals surface area contributed by atoms with E-state index >= 15 is 0 Å². The number of methoxy groups -OCH3 is 1. The molecule has 0 aliphatic carbocycles. The average Bonchev–Trinajstić information content (AvgIpc) is 3.18. The van der Waals surface area contributed by atoms with E-state index in [0.717, 1.165) is 17.7 Å². The predicted octanol–water partition coefficient (Wildman–Crippen LogP) is 5.78. The molecule has 0 saturated carbocycles. The lowest BCUT2D eigenvalue weighted by Crippen LogP contribution is -2.06. The van der Waals surface area contributed by atoms with E-state index in [1.54, 1.807) is 36.0 Å². The van der Waals surface area contributed by atoms with Gasteiger partial charge < -0.3 is 9.47 Å². The Morgan fingerprint density at radius 1 is 1.12 bits per heavy atom. The number of hydrogen-bond acceptors (Lipinski definition) is 5. The van der Waals surface area contributed by atoms with Gasteiger partial charge in [-0.1, -0.05) is 26.0 Å². The number of aromatic nitrogens is 3. The first-order valence-electron chi connectivity index (χ1n) is 10.6. The summed E-state index contributed by atoms with van der Waals surface area (Å²) in [5.41, 5.74) is 1.75. The van der Waals surface area contributed by atoms with Gasteiger partial charge in [0.2, 0.25) is 0 Å². The van der Waals surface area contributed by atoms with Crippen molar-refractivity contribution in [2.24, 2.45) is 5.92 Å². The van der Waals surface area contributed by atoms with Crippen LogP contribution in [0.3, 0.4) is 0 Å². The second kappa shape index (κ2) is 9.71. The van der Waals surface area contributed by atoms with Crippen LogP contribution in [0, 0.1) is 28.9 Å². The summed E-state index contributed by atoms with van der Waals surface area (Å²) in [6.45, 7) is 4.61. The summed E-state index contributed by atoms with van der Waals surface area (Å²) in [5.74, 6) is 0.329. The van der Waals surface area contributed by atoms with Crippen LogP contribution >= 0.6 is 0 Å². The maximum Gasteiger partial charge on any atom is 0.168 e. The van der Waals surface area contributed by atoms with Crippen LogP contribution in [-0.2, 0) is 0 Å². The number of nitrogens with zero attached hydrogens (tertiary/aromatic N) is 4.